The van der Waals surface area contributed by atoms with Crippen molar-refractivity contribution >= 4 is 45.9 Å². The van der Waals surface area contributed by atoms with Gasteiger partial charge in [0.2, 0.25) is 0 Å². The molecule has 0 aliphatic carbocycles. The number of carbonyl (C=O) groups is 2. The summed E-state index contributed by atoms with van der Waals surface area (Å²) in [7, 11) is 0. The lowest BCUT2D eigenvalue weighted by Gasteiger charge is -2.06. The third kappa shape index (κ3) is 4.90. The van der Waals surface area contributed by atoms with E-state index in [0.717, 1.165) is 15.3 Å². The monoisotopic (exact) mass is 397 g/mol. The summed E-state index contributed by atoms with van der Waals surface area (Å²) in [6, 6.07) is 14.8. The summed E-state index contributed by atoms with van der Waals surface area (Å²) in [6.07, 6.45) is 0. The van der Waals surface area contributed by atoms with Crippen LogP contribution in [0.1, 0.15) is 41.6 Å². The minimum Gasteiger partial charge on any atom is -0.321 e. The van der Waals surface area contributed by atoms with E-state index in [-0.39, 0.29) is 11.8 Å². The first-order chi connectivity index (χ1) is 12.9. The molecule has 5 nitrogen and oxygen atoms in total. The average Bonchev–Trinajstić information content (AvgIpc) is 3.28. The van der Waals surface area contributed by atoms with Gasteiger partial charge in [-0.2, -0.15) is 5.10 Å². The maximum absolute atomic E-state index is 12.2. The lowest BCUT2D eigenvalue weighted by atomic mass is 10.1. The van der Waals surface area contributed by atoms with Crippen molar-refractivity contribution in [3.63, 3.8) is 0 Å². The highest BCUT2D eigenvalue weighted by Gasteiger charge is 2.09. The molecule has 0 spiro atoms. The fourth-order valence-corrected chi connectivity index (χ4v) is 3.88. The van der Waals surface area contributed by atoms with E-state index < -0.39 is 0 Å². The second-order valence-corrected chi connectivity index (χ2v) is 8.57. The van der Waals surface area contributed by atoms with Gasteiger partial charge in [-0.1, -0.05) is 12.1 Å². The van der Waals surface area contributed by atoms with Gasteiger partial charge in [0, 0.05) is 15.4 Å². The number of hydrazone groups is 1. The Balaban J connectivity index is 1.62. The molecule has 0 aliphatic rings. The summed E-state index contributed by atoms with van der Waals surface area (Å²) in [5.41, 5.74) is 4.83. The number of anilines is 1. The van der Waals surface area contributed by atoms with Crippen molar-refractivity contribution in [3.05, 3.63) is 73.6 Å². The third-order valence-corrected chi connectivity index (χ3v) is 5.81. The van der Waals surface area contributed by atoms with Gasteiger partial charge in [0.1, 0.15) is 0 Å². The normalized spacial score (nSPS) is 11.3. The number of carbonyl (C=O) groups excluding carboxylic acids is 2. The molecule has 27 heavy (non-hydrogen) atoms. The van der Waals surface area contributed by atoms with Gasteiger partial charge in [0.05, 0.1) is 15.5 Å². The van der Waals surface area contributed by atoms with Crippen LogP contribution in [-0.4, -0.2) is 17.5 Å². The Labute approximate surface area is 165 Å². The maximum atomic E-state index is 12.2. The Kier molecular flexibility index (Phi) is 5.83. The van der Waals surface area contributed by atoms with E-state index in [9.17, 15) is 9.59 Å². The van der Waals surface area contributed by atoms with E-state index in [4.69, 9.17) is 0 Å². The van der Waals surface area contributed by atoms with E-state index in [2.05, 4.69) is 15.8 Å². The predicted octanol–water partition coefficient (Wildman–Crippen LogP) is 4.83. The fraction of sp³-hybridized carbons (Fsp3) is 0.150. The van der Waals surface area contributed by atoms with Crippen molar-refractivity contribution in [1.82, 2.24) is 5.43 Å². The summed E-state index contributed by atoms with van der Waals surface area (Å²) in [6.45, 7) is 5.74. The molecule has 0 radical (unpaired) electrons. The van der Waals surface area contributed by atoms with Crippen LogP contribution in [0, 0.1) is 13.8 Å². The van der Waals surface area contributed by atoms with Gasteiger partial charge in [-0.3, -0.25) is 9.59 Å². The molecule has 0 aliphatic heterocycles. The van der Waals surface area contributed by atoms with Gasteiger partial charge in [0.15, 0.2) is 0 Å². The molecular formula is C20H19N3O2S2. The molecule has 0 bridgehead atoms. The molecule has 138 valence electrons. The summed E-state index contributed by atoms with van der Waals surface area (Å²) in [5, 5.41) is 7.03. The Hall–Kier alpha value is -2.77. The van der Waals surface area contributed by atoms with E-state index in [1.165, 1.54) is 22.7 Å². The van der Waals surface area contributed by atoms with Crippen LogP contribution in [-0.2, 0) is 0 Å². The van der Waals surface area contributed by atoms with Crippen LogP contribution < -0.4 is 10.7 Å². The summed E-state index contributed by atoms with van der Waals surface area (Å²) in [5.74, 6) is -0.340. The largest absolute Gasteiger partial charge is 0.321 e. The Bertz CT molecular complexity index is 1000. The van der Waals surface area contributed by atoms with Crippen molar-refractivity contribution in [2.75, 3.05) is 5.32 Å². The number of hydrogen-bond donors (Lipinski definition) is 2. The smallest absolute Gasteiger partial charge is 0.281 e. The number of thiophene rings is 2. The molecule has 1 aromatic carbocycles. The first-order valence-electron chi connectivity index (χ1n) is 8.31. The molecule has 3 aromatic rings. The molecular weight excluding hydrogens is 378 g/mol. The molecule has 3 rings (SSSR count). The Morgan fingerprint density at radius 3 is 1.89 bits per heavy atom. The predicted molar refractivity (Wildman–Crippen MR) is 112 cm³/mol. The van der Waals surface area contributed by atoms with Crippen LogP contribution >= 0.6 is 22.7 Å². The molecule has 2 amide bonds. The minimum absolute atomic E-state index is 0.121. The zero-order valence-corrected chi connectivity index (χ0v) is 16.8. The first kappa shape index (κ1) is 19.0. The summed E-state index contributed by atoms with van der Waals surface area (Å²) < 4.78 is 0. The molecule has 2 heterocycles. The van der Waals surface area contributed by atoms with E-state index in [1.807, 2.05) is 63.2 Å². The van der Waals surface area contributed by atoms with Crippen LogP contribution in [0.2, 0.25) is 0 Å². The Morgan fingerprint density at radius 1 is 0.815 bits per heavy atom. The molecule has 0 unspecified atom stereocenters. The number of nitrogens with one attached hydrogen (secondary N) is 2. The quantitative estimate of drug-likeness (QED) is 0.478. The van der Waals surface area contributed by atoms with Crippen LogP contribution in [0.4, 0.5) is 5.69 Å². The number of amides is 2. The third-order valence-electron chi connectivity index (χ3n) is 3.81. The SMILES string of the molecule is C/C(=N/NC(=O)c1ccc(C)s1)c1ccc(NC(=O)c2ccc(C)s2)cc1. The molecule has 0 fully saturated rings. The highest BCUT2D eigenvalue weighted by molar-refractivity contribution is 7.14. The lowest BCUT2D eigenvalue weighted by Crippen LogP contribution is -2.18. The molecule has 0 saturated carbocycles. The molecule has 0 saturated heterocycles. The Morgan fingerprint density at radius 2 is 1.37 bits per heavy atom. The van der Waals surface area contributed by atoms with Gasteiger partial charge in [-0.25, -0.2) is 5.43 Å². The molecule has 0 atom stereocenters. The van der Waals surface area contributed by atoms with E-state index in [0.29, 0.717) is 21.2 Å². The van der Waals surface area contributed by atoms with Crippen molar-refractivity contribution in [3.8, 4) is 0 Å². The van der Waals surface area contributed by atoms with Crippen molar-refractivity contribution in [1.29, 1.82) is 0 Å². The highest BCUT2D eigenvalue weighted by Crippen LogP contribution is 2.18. The van der Waals surface area contributed by atoms with Gasteiger partial charge >= 0.3 is 0 Å². The average molecular weight is 398 g/mol. The number of benzene rings is 1. The number of nitrogens with zero attached hydrogens (tertiary/aromatic N) is 1. The van der Waals surface area contributed by atoms with Gasteiger partial charge < -0.3 is 5.32 Å². The molecule has 7 heteroatoms. The second kappa shape index (κ2) is 8.28. The van der Waals surface area contributed by atoms with Crippen LogP contribution in [0.3, 0.4) is 0 Å². The fourth-order valence-electron chi connectivity index (χ4n) is 2.35. The standard InChI is InChI=1S/C20H19N3O2S2/c1-12-4-10-17(26-12)19(24)21-16-8-6-15(7-9-16)14(3)22-23-20(25)18-11-5-13(2)27-18/h4-11H,1-3H3,(H,21,24)(H,23,25)/b22-14-. The van der Waals surface area contributed by atoms with Crippen LogP contribution in [0.5, 0.6) is 0 Å². The molecule has 2 N–H and O–H groups in total. The molecule has 2 aromatic heterocycles. The number of rotatable bonds is 5. The summed E-state index contributed by atoms with van der Waals surface area (Å²) >= 11 is 2.89. The maximum Gasteiger partial charge on any atom is 0.281 e. The topological polar surface area (TPSA) is 70.6 Å². The van der Waals surface area contributed by atoms with Crippen LogP contribution in [0.15, 0.2) is 53.6 Å². The van der Waals surface area contributed by atoms with Crippen molar-refractivity contribution < 1.29 is 9.59 Å². The van der Waals surface area contributed by atoms with Gasteiger partial charge in [0.25, 0.3) is 11.8 Å². The summed E-state index contributed by atoms with van der Waals surface area (Å²) in [4.78, 5) is 27.7. The van der Waals surface area contributed by atoms with Crippen LogP contribution in [0.25, 0.3) is 0 Å². The zero-order valence-electron chi connectivity index (χ0n) is 15.2. The van der Waals surface area contributed by atoms with Gasteiger partial charge in [-0.15, -0.1) is 22.7 Å². The number of hydrogen-bond acceptors (Lipinski definition) is 5. The minimum atomic E-state index is -0.220. The lowest BCUT2D eigenvalue weighted by molar-refractivity contribution is 0.0958. The second-order valence-electron chi connectivity index (χ2n) is 5.99. The highest BCUT2D eigenvalue weighted by atomic mass is 32.1. The van der Waals surface area contributed by atoms with Crippen molar-refractivity contribution in [2.24, 2.45) is 5.10 Å². The van der Waals surface area contributed by atoms with E-state index >= 15 is 0 Å². The van der Waals surface area contributed by atoms with Gasteiger partial charge in [-0.05, 0) is 62.7 Å². The zero-order chi connectivity index (χ0) is 19.4. The van der Waals surface area contributed by atoms with Crippen molar-refractivity contribution in [2.45, 2.75) is 20.8 Å². The number of aryl methyl sites for hydroxylation is 2. The van der Waals surface area contributed by atoms with E-state index in [1.54, 1.807) is 6.07 Å². The first-order valence-corrected chi connectivity index (χ1v) is 9.95.